The van der Waals surface area contributed by atoms with Gasteiger partial charge in [-0.15, -0.1) is 0 Å². The molecule has 0 fully saturated rings. The summed E-state index contributed by atoms with van der Waals surface area (Å²) in [4.78, 5) is 7.38. The zero-order chi connectivity index (χ0) is 54.4. The first-order chi connectivity index (χ1) is 40.3. The Morgan fingerprint density at radius 1 is 0.402 bits per heavy atom. The van der Waals surface area contributed by atoms with Crippen LogP contribution in [0.4, 0.5) is 11.4 Å². The molecule has 0 saturated carbocycles. The van der Waals surface area contributed by atoms with Gasteiger partial charge in [0.15, 0.2) is 0 Å². The maximum absolute atomic E-state index is 6.91. The second-order valence-corrected chi connectivity index (χ2v) is 23.4. The number of ether oxygens (including phenoxy) is 1. The molecule has 0 saturated heterocycles. The van der Waals surface area contributed by atoms with E-state index in [1.54, 1.807) is 0 Å². The Hall–Kier alpha value is -10.2. The molecule has 1 aliphatic heterocycles. The van der Waals surface area contributed by atoms with Crippen molar-refractivity contribution < 1.29 is 4.74 Å². The molecule has 17 rings (SSSR count). The predicted octanol–water partition coefficient (Wildman–Crippen LogP) is 19.9. The van der Waals surface area contributed by atoms with Crippen molar-refractivity contribution in [3.05, 3.63) is 289 Å². The minimum Gasteiger partial charge on any atom is -0.457 e. The van der Waals surface area contributed by atoms with Gasteiger partial charge in [0.2, 0.25) is 0 Å². The normalized spacial score (nSPS) is 13.6. The molecule has 0 N–H and O–H groups in total. The number of fused-ring (bicyclic) bond motifs is 20. The van der Waals surface area contributed by atoms with E-state index in [9.17, 15) is 0 Å². The number of benzene rings is 11. The third kappa shape index (κ3) is 6.65. The van der Waals surface area contributed by atoms with Crippen LogP contribution in [0.15, 0.2) is 261 Å². The molecular formula is C77H54N4O. The average molecular weight is 1050 g/mol. The van der Waals surface area contributed by atoms with Crippen molar-refractivity contribution in [3.63, 3.8) is 0 Å². The van der Waals surface area contributed by atoms with Crippen molar-refractivity contribution in [1.82, 2.24) is 14.1 Å². The van der Waals surface area contributed by atoms with E-state index in [0.717, 1.165) is 45.1 Å². The van der Waals surface area contributed by atoms with E-state index in [2.05, 4.69) is 290 Å². The first-order valence-electron chi connectivity index (χ1n) is 28.5. The van der Waals surface area contributed by atoms with Gasteiger partial charge in [-0.05, 0) is 155 Å². The lowest BCUT2D eigenvalue weighted by atomic mass is 9.70. The molecule has 3 aliphatic rings. The lowest BCUT2D eigenvalue weighted by Gasteiger charge is -2.30. The average Bonchev–Trinajstić information content (AvgIpc) is 3.70. The summed E-state index contributed by atoms with van der Waals surface area (Å²) < 4.78 is 11.7. The van der Waals surface area contributed by atoms with Crippen LogP contribution < -0.4 is 9.64 Å². The molecule has 4 heterocycles. The van der Waals surface area contributed by atoms with Crippen LogP contribution in [0, 0.1) is 0 Å². The van der Waals surface area contributed by atoms with Crippen LogP contribution >= 0.6 is 0 Å². The monoisotopic (exact) mass is 1050 g/mol. The number of nitrogens with zero attached hydrogens (tertiary/aromatic N) is 4. The van der Waals surface area contributed by atoms with E-state index in [-0.39, 0.29) is 10.8 Å². The quantitative estimate of drug-likeness (QED) is 0.172. The van der Waals surface area contributed by atoms with Crippen LogP contribution in [-0.2, 0) is 17.5 Å². The molecule has 14 aromatic rings. The molecule has 0 bridgehead atoms. The largest absolute Gasteiger partial charge is 0.457 e. The summed E-state index contributed by atoms with van der Waals surface area (Å²) in [6.07, 6.45) is 1.93. The Morgan fingerprint density at radius 2 is 0.951 bits per heavy atom. The number of anilines is 2. The Kier molecular flexibility index (Phi) is 9.89. The molecule has 2 aliphatic carbocycles. The van der Waals surface area contributed by atoms with E-state index in [1.807, 2.05) is 6.20 Å². The molecule has 11 aromatic carbocycles. The van der Waals surface area contributed by atoms with Crippen LogP contribution in [0.1, 0.15) is 48.6 Å². The van der Waals surface area contributed by atoms with Crippen molar-refractivity contribution in [2.24, 2.45) is 0 Å². The van der Waals surface area contributed by atoms with Crippen molar-refractivity contribution >= 4 is 76.5 Å². The van der Waals surface area contributed by atoms with E-state index >= 15 is 0 Å². The fourth-order valence-electron chi connectivity index (χ4n) is 14.4. The fraction of sp³-hybridized carbons (Fsp3) is 0.0779. The topological polar surface area (TPSA) is 35.2 Å². The van der Waals surface area contributed by atoms with Gasteiger partial charge in [0.25, 0.3) is 0 Å². The van der Waals surface area contributed by atoms with Crippen molar-refractivity contribution in [2.45, 2.75) is 38.3 Å². The molecule has 3 aromatic heterocycles. The number of rotatable bonds is 5. The van der Waals surface area contributed by atoms with Crippen LogP contribution in [0.3, 0.4) is 0 Å². The smallest absolute Gasteiger partial charge is 0.137 e. The molecule has 82 heavy (non-hydrogen) atoms. The highest BCUT2D eigenvalue weighted by Gasteiger charge is 2.51. The summed E-state index contributed by atoms with van der Waals surface area (Å²) in [6, 6.07) is 94.3. The highest BCUT2D eigenvalue weighted by molar-refractivity contribution is 6.21. The first-order valence-corrected chi connectivity index (χ1v) is 28.5. The zero-order valence-electron chi connectivity index (χ0n) is 45.7. The van der Waals surface area contributed by atoms with Gasteiger partial charge in [0.05, 0.1) is 33.2 Å². The molecule has 5 nitrogen and oxygen atoms in total. The maximum Gasteiger partial charge on any atom is 0.137 e. The summed E-state index contributed by atoms with van der Waals surface area (Å²) in [5.74, 6) is 2.41. The van der Waals surface area contributed by atoms with E-state index in [0.29, 0.717) is 6.67 Å². The Bertz CT molecular complexity index is 5080. The van der Waals surface area contributed by atoms with Gasteiger partial charge >= 0.3 is 0 Å². The molecule has 388 valence electrons. The maximum atomic E-state index is 6.91. The van der Waals surface area contributed by atoms with Crippen LogP contribution in [0.2, 0.25) is 0 Å². The molecule has 0 atom stereocenters. The van der Waals surface area contributed by atoms with Gasteiger partial charge in [0.1, 0.15) is 24.0 Å². The van der Waals surface area contributed by atoms with Crippen LogP contribution in [0.25, 0.3) is 104 Å². The second kappa shape index (κ2) is 17.4. The summed E-state index contributed by atoms with van der Waals surface area (Å²) in [7, 11) is 0. The van der Waals surface area contributed by atoms with Gasteiger partial charge in [0, 0.05) is 45.6 Å². The number of aromatic nitrogens is 3. The number of pyridine rings is 1. The molecule has 0 amide bonds. The summed E-state index contributed by atoms with van der Waals surface area (Å²) >= 11 is 0. The second-order valence-electron chi connectivity index (χ2n) is 23.4. The third-order valence-electron chi connectivity index (χ3n) is 18.1. The molecule has 1 spiro atoms. The van der Waals surface area contributed by atoms with Gasteiger partial charge in [-0.25, -0.2) is 4.98 Å². The van der Waals surface area contributed by atoms with Crippen LogP contribution in [0.5, 0.6) is 11.5 Å². The lowest BCUT2D eigenvalue weighted by molar-refractivity contribution is 0.483. The van der Waals surface area contributed by atoms with E-state index in [4.69, 9.17) is 9.72 Å². The molecular weight excluding hydrogens is 997 g/mol. The molecule has 0 radical (unpaired) electrons. The highest BCUT2D eigenvalue weighted by atomic mass is 16.5. The summed E-state index contributed by atoms with van der Waals surface area (Å²) in [5.41, 5.74) is 20.5. The molecule has 0 unspecified atom stereocenters. The van der Waals surface area contributed by atoms with Gasteiger partial charge in [-0.3, -0.25) is 4.57 Å². The molecule has 5 heteroatoms. The standard InChI is InChI=1S/C77H54N4O/c1-76(2,3)50-40-41-78-74(44-50)81-71-32-15-10-26-61(71)62-38-36-53(46-73(62)81)82-52-19-16-18-51(45-52)79-47-80-70-31-14-9-25-60(70)55-21-5-4-20-54(55)56-37-34-48(42-64(56)63-27-17-33-72(79)75(63)80)49-35-39-69-65(43-49)59-24-8-13-30-68(59)77(69)66-28-11-6-22-57(66)58-23-7-12-29-67(58)77/h4-46H,47H2,1-3H3. The minimum atomic E-state index is -0.388. The Balaban J connectivity index is 0.820. The minimum absolute atomic E-state index is 0.0249. The van der Waals surface area contributed by atoms with E-state index in [1.165, 1.54) is 110 Å². The number of hydrogen-bond donors (Lipinski definition) is 0. The van der Waals surface area contributed by atoms with Crippen molar-refractivity contribution in [3.8, 4) is 50.7 Å². The van der Waals surface area contributed by atoms with Crippen molar-refractivity contribution in [1.29, 1.82) is 0 Å². The van der Waals surface area contributed by atoms with Crippen molar-refractivity contribution in [2.75, 3.05) is 4.90 Å². The zero-order valence-corrected chi connectivity index (χ0v) is 45.7. The summed E-state index contributed by atoms with van der Waals surface area (Å²) in [6.45, 7) is 7.35. The number of hydrogen-bond acceptors (Lipinski definition) is 3. The first kappa shape index (κ1) is 46.7. The van der Waals surface area contributed by atoms with E-state index < -0.39 is 0 Å². The lowest BCUT2D eigenvalue weighted by Crippen LogP contribution is -2.25. The Morgan fingerprint density at radius 3 is 1.70 bits per heavy atom. The van der Waals surface area contributed by atoms with Crippen LogP contribution in [-0.4, -0.2) is 14.1 Å². The summed E-state index contributed by atoms with van der Waals surface area (Å²) in [5, 5.41) is 9.55. The van der Waals surface area contributed by atoms with Gasteiger partial charge in [-0.1, -0.05) is 197 Å². The van der Waals surface area contributed by atoms with Gasteiger partial charge in [-0.2, -0.15) is 0 Å². The predicted molar refractivity (Wildman–Crippen MR) is 340 cm³/mol. The SMILES string of the molecule is CC(C)(C)c1ccnc(-n2c3ccccc3c3ccc(Oc4cccc(N5Cn6c7ccccc7c7ccccc7c7ccc(-c8ccc9c(c8)-c8ccccc8C98c9ccccc9-c9ccccc98)cc7c7cccc5c76)c4)cc32)c1. The third-order valence-corrected chi connectivity index (χ3v) is 18.1. The fourth-order valence-corrected chi connectivity index (χ4v) is 14.4. The highest BCUT2D eigenvalue weighted by Crippen LogP contribution is 2.63. The Labute approximate surface area is 475 Å². The van der Waals surface area contributed by atoms with Gasteiger partial charge < -0.3 is 14.2 Å². The number of para-hydroxylation sites is 3.